The van der Waals surface area contributed by atoms with Gasteiger partial charge in [0.15, 0.2) is 0 Å². The Balaban J connectivity index is 1.53. The van der Waals surface area contributed by atoms with Gasteiger partial charge >= 0.3 is 0 Å². The van der Waals surface area contributed by atoms with E-state index in [1.165, 1.54) is 38.9 Å². The van der Waals surface area contributed by atoms with E-state index in [2.05, 4.69) is 29.2 Å². The maximum atomic E-state index is 5.82. The summed E-state index contributed by atoms with van der Waals surface area (Å²) < 4.78 is 0. The highest BCUT2D eigenvalue weighted by atomic mass is 35.5. The number of nitrogens with zero attached hydrogens (tertiary/aromatic N) is 1. The number of hydrogen-bond donors (Lipinski definition) is 0. The number of likely N-dealkylation sites (tertiary alicyclic amines) is 1. The molecule has 1 aliphatic carbocycles. The summed E-state index contributed by atoms with van der Waals surface area (Å²) in [4.78, 5) is 2.64. The Hall–Kier alpha value is -0.530. The number of halogens is 1. The number of alkyl halides is 1. The molecule has 1 aliphatic heterocycles. The van der Waals surface area contributed by atoms with Crippen LogP contribution in [0.5, 0.6) is 0 Å². The third-order valence-corrected chi connectivity index (χ3v) is 4.55. The van der Waals surface area contributed by atoms with E-state index in [-0.39, 0.29) is 0 Å². The van der Waals surface area contributed by atoms with Crippen LogP contribution in [0, 0.1) is 5.92 Å². The minimum Gasteiger partial charge on any atom is -0.302 e. The lowest BCUT2D eigenvalue weighted by Gasteiger charge is -2.33. The van der Waals surface area contributed by atoms with Crippen molar-refractivity contribution < 1.29 is 0 Å². The second-order valence-electron chi connectivity index (χ2n) is 5.49. The zero-order chi connectivity index (χ0) is 11.7. The largest absolute Gasteiger partial charge is 0.302 e. The molecular weight excluding hydrogens is 230 g/mol. The molecule has 3 rings (SSSR count). The van der Waals surface area contributed by atoms with Gasteiger partial charge in [0.1, 0.15) is 0 Å². The Bertz CT molecular complexity index is 390. The van der Waals surface area contributed by atoms with Gasteiger partial charge in [0, 0.05) is 24.9 Å². The lowest BCUT2D eigenvalue weighted by molar-refractivity contribution is 0.289. The van der Waals surface area contributed by atoms with E-state index in [0.717, 1.165) is 17.7 Å². The van der Waals surface area contributed by atoms with Gasteiger partial charge in [-0.3, -0.25) is 0 Å². The van der Waals surface area contributed by atoms with Crippen LogP contribution in [-0.2, 0) is 6.42 Å². The lowest BCUT2D eigenvalue weighted by atomic mass is 9.77. The smallest absolute Gasteiger partial charge is 0.0226 e. The molecular formula is C15H20ClN. The van der Waals surface area contributed by atoms with Crippen molar-refractivity contribution in [3.63, 3.8) is 0 Å². The monoisotopic (exact) mass is 249 g/mol. The molecule has 1 nitrogen and oxygen atoms in total. The summed E-state index contributed by atoms with van der Waals surface area (Å²) in [5, 5.41) is 0. The molecule has 1 fully saturated rings. The summed E-state index contributed by atoms with van der Waals surface area (Å²) in [5.74, 6) is 2.47. The van der Waals surface area contributed by atoms with Gasteiger partial charge in [0.05, 0.1) is 0 Å². The fourth-order valence-corrected chi connectivity index (χ4v) is 3.61. The minimum absolute atomic E-state index is 0.793. The van der Waals surface area contributed by atoms with Crippen LogP contribution < -0.4 is 0 Å². The van der Waals surface area contributed by atoms with Crippen molar-refractivity contribution in [2.75, 3.05) is 25.5 Å². The van der Waals surface area contributed by atoms with Crippen molar-refractivity contribution in [1.82, 2.24) is 4.90 Å². The van der Waals surface area contributed by atoms with Gasteiger partial charge in [-0.05, 0) is 42.9 Å². The lowest BCUT2D eigenvalue weighted by Crippen LogP contribution is -2.32. The van der Waals surface area contributed by atoms with E-state index in [9.17, 15) is 0 Å². The van der Waals surface area contributed by atoms with Crippen LogP contribution in [0.25, 0.3) is 0 Å². The van der Waals surface area contributed by atoms with Crippen molar-refractivity contribution in [3.8, 4) is 0 Å². The Labute approximate surface area is 109 Å². The van der Waals surface area contributed by atoms with E-state index in [4.69, 9.17) is 11.6 Å². The number of benzene rings is 1. The van der Waals surface area contributed by atoms with E-state index in [1.54, 1.807) is 11.1 Å². The average molecular weight is 250 g/mol. The first-order valence-corrected chi connectivity index (χ1v) is 7.26. The fourth-order valence-electron chi connectivity index (χ4n) is 3.31. The van der Waals surface area contributed by atoms with Crippen LogP contribution in [0.15, 0.2) is 24.3 Å². The van der Waals surface area contributed by atoms with Crippen molar-refractivity contribution in [3.05, 3.63) is 35.4 Å². The zero-order valence-corrected chi connectivity index (χ0v) is 11.0. The minimum atomic E-state index is 0.793. The van der Waals surface area contributed by atoms with E-state index in [0.29, 0.717) is 0 Å². The highest BCUT2D eigenvalue weighted by molar-refractivity contribution is 6.17. The molecule has 0 radical (unpaired) electrons. The van der Waals surface area contributed by atoms with Gasteiger partial charge in [-0.15, -0.1) is 11.6 Å². The molecule has 2 atom stereocenters. The second kappa shape index (κ2) is 4.99. The van der Waals surface area contributed by atoms with Crippen LogP contribution in [-0.4, -0.2) is 30.4 Å². The summed E-state index contributed by atoms with van der Waals surface area (Å²) in [7, 11) is 0. The normalized spacial score (nSPS) is 27.8. The molecule has 1 aromatic rings. The average Bonchev–Trinajstić information content (AvgIpc) is 2.74. The molecule has 0 bridgehead atoms. The van der Waals surface area contributed by atoms with Crippen molar-refractivity contribution in [2.45, 2.75) is 25.2 Å². The predicted molar refractivity (Wildman–Crippen MR) is 72.8 cm³/mol. The fraction of sp³-hybridized carbons (Fsp3) is 0.600. The quantitative estimate of drug-likeness (QED) is 0.741. The molecule has 2 heteroatoms. The highest BCUT2D eigenvalue weighted by Crippen LogP contribution is 2.36. The molecule has 1 heterocycles. The standard InChI is InChI=1S/C15H20ClN/c16-7-5-12-6-8-17(10-12)11-14-9-13-3-1-2-4-15(13)14/h1-4,12,14H,5-11H2. The third kappa shape index (κ3) is 2.36. The molecule has 0 aromatic heterocycles. The summed E-state index contributed by atoms with van der Waals surface area (Å²) >= 11 is 5.82. The summed E-state index contributed by atoms with van der Waals surface area (Å²) in [6, 6.07) is 8.90. The summed E-state index contributed by atoms with van der Waals surface area (Å²) in [5.41, 5.74) is 3.15. The Morgan fingerprint density at radius 2 is 2.18 bits per heavy atom. The number of hydrogen-bond acceptors (Lipinski definition) is 1. The molecule has 17 heavy (non-hydrogen) atoms. The number of fused-ring (bicyclic) bond motifs is 1. The van der Waals surface area contributed by atoms with Crippen LogP contribution in [0.1, 0.15) is 29.9 Å². The van der Waals surface area contributed by atoms with E-state index < -0.39 is 0 Å². The topological polar surface area (TPSA) is 3.24 Å². The Morgan fingerprint density at radius 1 is 1.29 bits per heavy atom. The first-order valence-electron chi connectivity index (χ1n) is 6.73. The maximum absolute atomic E-state index is 5.82. The predicted octanol–water partition coefficient (Wildman–Crippen LogP) is 3.28. The van der Waals surface area contributed by atoms with Crippen LogP contribution >= 0.6 is 11.6 Å². The molecule has 0 amide bonds. The first-order chi connectivity index (χ1) is 8.36. The molecule has 0 spiro atoms. The summed E-state index contributed by atoms with van der Waals surface area (Å²) in [6.45, 7) is 3.81. The Morgan fingerprint density at radius 3 is 3.00 bits per heavy atom. The molecule has 1 aromatic carbocycles. The molecule has 92 valence electrons. The Kier molecular flexibility index (Phi) is 3.39. The van der Waals surface area contributed by atoms with Crippen molar-refractivity contribution >= 4 is 11.6 Å². The van der Waals surface area contributed by atoms with Crippen molar-refractivity contribution in [1.29, 1.82) is 0 Å². The van der Waals surface area contributed by atoms with Crippen LogP contribution in [0.3, 0.4) is 0 Å². The molecule has 2 aliphatic rings. The zero-order valence-electron chi connectivity index (χ0n) is 10.2. The van der Waals surface area contributed by atoms with Gasteiger partial charge < -0.3 is 4.90 Å². The highest BCUT2D eigenvalue weighted by Gasteiger charge is 2.30. The maximum Gasteiger partial charge on any atom is 0.0226 e. The second-order valence-corrected chi connectivity index (χ2v) is 5.87. The van der Waals surface area contributed by atoms with Crippen LogP contribution in [0.4, 0.5) is 0 Å². The SMILES string of the molecule is ClCCC1CCN(CC2Cc3ccccc32)C1. The van der Waals surface area contributed by atoms with Crippen molar-refractivity contribution in [2.24, 2.45) is 5.92 Å². The molecule has 2 unspecified atom stereocenters. The van der Waals surface area contributed by atoms with E-state index in [1.807, 2.05) is 0 Å². The van der Waals surface area contributed by atoms with Crippen LogP contribution in [0.2, 0.25) is 0 Å². The van der Waals surface area contributed by atoms with Gasteiger partial charge in [-0.25, -0.2) is 0 Å². The third-order valence-electron chi connectivity index (χ3n) is 4.33. The molecule has 1 saturated heterocycles. The van der Waals surface area contributed by atoms with Gasteiger partial charge in [0.25, 0.3) is 0 Å². The van der Waals surface area contributed by atoms with Gasteiger partial charge in [-0.2, -0.15) is 0 Å². The first kappa shape index (κ1) is 11.6. The number of rotatable bonds is 4. The molecule has 0 N–H and O–H groups in total. The van der Waals surface area contributed by atoms with Gasteiger partial charge in [-0.1, -0.05) is 24.3 Å². The van der Waals surface area contributed by atoms with Gasteiger partial charge in [0.2, 0.25) is 0 Å². The van der Waals surface area contributed by atoms with E-state index >= 15 is 0 Å². The summed E-state index contributed by atoms with van der Waals surface area (Å²) in [6.07, 6.45) is 3.83. The molecule has 0 saturated carbocycles.